The van der Waals surface area contributed by atoms with Crippen LogP contribution in [0.3, 0.4) is 0 Å². The van der Waals surface area contributed by atoms with Gasteiger partial charge in [0.2, 0.25) is 0 Å². The minimum atomic E-state index is -0.777. The van der Waals surface area contributed by atoms with E-state index in [2.05, 4.69) is 93.7 Å². The lowest BCUT2D eigenvalue weighted by Gasteiger charge is -2.18. The van der Waals surface area contributed by atoms with E-state index in [-0.39, 0.29) is 31.1 Å². The molecule has 0 saturated carbocycles. The third-order valence-corrected chi connectivity index (χ3v) is 15.9. The Morgan fingerprint density at radius 2 is 0.500 bits per heavy atom. The van der Waals surface area contributed by atoms with E-state index >= 15 is 0 Å². The Morgan fingerprint density at radius 3 is 0.805 bits per heavy atom. The molecule has 0 N–H and O–H groups in total. The molecule has 476 valence electrons. The number of esters is 3. The highest BCUT2D eigenvalue weighted by molar-refractivity contribution is 5.71. The number of ether oxygens (including phenoxy) is 3. The summed E-state index contributed by atoms with van der Waals surface area (Å²) in [5.41, 5.74) is 0. The summed E-state index contributed by atoms with van der Waals surface area (Å²) in [4.78, 5) is 38.4. The molecule has 0 aromatic heterocycles. The van der Waals surface area contributed by atoms with Crippen LogP contribution in [-0.4, -0.2) is 37.2 Å². The van der Waals surface area contributed by atoms with Gasteiger partial charge in [0.1, 0.15) is 13.2 Å². The van der Waals surface area contributed by atoms with Gasteiger partial charge in [-0.05, 0) is 83.5 Å². The minimum absolute atomic E-state index is 0.0743. The molecule has 0 aromatic carbocycles. The zero-order valence-corrected chi connectivity index (χ0v) is 54.8. The highest BCUT2D eigenvalue weighted by atomic mass is 16.6. The first kappa shape index (κ1) is 78.8. The van der Waals surface area contributed by atoms with Gasteiger partial charge in [-0.1, -0.05) is 344 Å². The average molecular weight is 1150 g/mol. The van der Waals surface area contributed by atoms with Crippen LogP contribution >= 0.6 is 0 Å². The standard InChI is InChI=1S/C76H136O6/c1-4-7-10-13-16-19-22-24-26-28-30-32-34-36-37-38-39-41-42-44-46-48-50-52-54-57-60-63-66-69-75(78)81-72-73(71-80-74(77)68-65-62-59-56-21-18-15-12-9-6-3)82-76(79)70-67-64-61-58-55-53-51-49-47-45-43-40-35-33-31-29-27-25-23-20-17-14-11-8-5-2/h7,10,12,15-16,19,24,26,30,32,36-37,73H,4-6,8-9,11,13-14,17-18,20-23,25,27-29,31,33-35,38-72H2,1-3H3/b10-7-,15-12-,19-16-,26-24-,32-30-,37-36-. The van der Waals surface area contributed by atoms with Crippen molar-refractivity contribution in [1.29, 1.82) is 0 Å². The Hall–Kier alpha value is -3.15. The number of carbonyl (C=O) groups excluding carboxylic acids is 3. The van der Waals surface area contributed by atoms with Crippen molar-refractivity contribution in [2.24, 2.45) is 0 Å². The number of rotatable bonds is 66. The Kier molecular flexibility index (Phi) is 67.6. The Balaban J connectivity index is 4.15. The summed E-state index contributed by atoms with van der Waals surface area (Å²) in [6.45, 7) is 6.52. The fourth-order valence-corrected chi connectivity index (χ4v) is 10.6. The van der Waals surface area contributed by atoms with Gasteiger partial charge >= 0.3 is 17.9 Å². The second-order valence-electron chi connectivity index (χ2n) is 24.1. The number of hydrogen-bond acceptors (Lipinski definition) is 6. The van der Waals surface area contributed by atoms with Crippen molar-refractivity contribution >= 4 is 17.9 Å². The smallest absolute Gasteiger partial charge is 0.306 e. The molecule has 6 heteroatoms. The van der Waals surface area contributed by atoms with Gasteiger partial charge in [0.05, 0.1) is 0 Å². The molecule has 0 aromatic rings. The lowest BCUT2D eigenvalue weighted by molar-refractivity contribution is -0.167. The maximum absolute atomic E-state index is 12.9. The molecule has 0 heterocycles. The van der Waals surface area contributed by atoms with Gasteiger partial charge in [0, 0.05) is 19.3 Å². The summed E-state index contributed by atoms with van der Waals surface area (Å²) >= 11 is 0. The van der Waals surface area contributed by atoms with Crippen molar-refractivity contribution in [2.75, 3.05) is 13.2 Å². The van der Waals surface area contributed by atoms with Crippen LogP contribution < -0.4 is 0 Å². The molecule has 0 bridgehead atoms. The Morgan fingerprint density at radius 1 is 0.256 bits per heavy atom. The molecule has 0 aliphatic rings. The van der Waals surface area contributed by atoms with Gasteiger partial charge in [-0.15, -0.1) is 0 Å². The van der Waals surface area contributed by atoms with Crippen LogP contribution in [-0.2, 0) is 28.6 Å². The van der Waals surface area contributed by atoms with Gasteiger partial charge in [-0.3, -0.25) is 14.4 Å². The molecule has 1 atom stereocenters. The Bertz CT molecular complexity index is 1500. The molecular weight excluding hydrogens is 1010 g/mol. The highest BCUT2D eigenvalue weighted by Crippen LogP contribution is 2.18. The molecule has 6 nitrogen and oxygen atoms in total. The fraction of sp³-hybridized carbons (Fsp3) is 0.803. The molecule has 0 rings (SSSR count). The SMILES string of the molecule is CC/C=C\C/C=C\C/C=C\C/C=C\C/C=C\CCCCCCCCCCCCCCCC(=O)OCC(COC(=O)CCCCCCC/C=C\CCC)OC(=O)CCCCCCCCCCCCCCCCCCCCCCCCCCC. The van der Waals surface area contributed by atoms with Gasteiger partial charge in [0.25, 0.3) is 0 Å². The summed E-state index contributed by atoms with van der Waals surface area (Å²) in [5, 5.41) is 0. The van der Waals surface area contributed by atoms with Gasteiger partial charge in [-0.2, -0.15) is 0 Å². The maximum atomic E-state index is 12.9. The van der Waals surface area contributed by atoms with Crippen LogP contribution in [0.25, 0.3) is 0 Å². The molecule has 0 fully saturated rings. The number of hydrogen-bond donors (Lipinski definition) is 0. The summed E-state index contributed by atoms with van der Waals surface area (Å²) in [5.74, 6) is -0.864. The zero-order valence-electron chi connectivity index (χ0n) is 54.8. The van der Waals surface area contributed by atoms with Crippen molar-refractivity contribution in [2.45, 2.75) is 380 Å². The van der Waals surface area contributed by atoms with Crippen LogP contribution in [0, 0.1) is 0 Å². The van der Waals surface area contributed by atoms with Crippen molar-refractivity contribution in [3.05, 3.63) is 72.9 Å². The van der Waals surface area contributed by atoms with Crippen molar-refractivity contribution < 1.29 is 28.6 Å². The molecular formula is C76H136O6. The van der Waals surface area contributed by atoms with E-state index in [1.54, 1.807) is 0 Å². The average Bonchev–Trinajstić information content (AvgIpc) is 3.48. The number of unbranched alkanes of at least 4 members (excludes halogenated alkanes) is 43. The van der Waals surface area contributed by atoms with Crippen LogP contribution in [0.4, 0.5) is 0 Å². The summed E-state index contributed by atoms with van der Waals surface area (Å²) in [7, 11) is 0. The number of allylic oxidation sites excluding steroid dienone is 12. The molecule has 0 amide bonds. The maximum Gasteiger partial charge on any atom is 0.306 e. The topological polar surface area (TPSA) is 78.9 Å². The van der Waals surface area contributed by atoms with Crippen molar-refractivity contribution in [1.82, 2.24) is 0 Å². The van der Waals surface area contributed by atoms with E-state index in [4.69, 9.17) is 14.2 Å². The van der Waals surface area contributed by atoms with E-state index < -0.39 is 6.10 Å². The lowest BCUT2D eigenvalue weighted by Crippen LogP contribution is -2.30. The summed E-state index contributed by atoms with van der Waals surface area (Å²) < 4.78 is 17.0. The second-order valence-corrected chi connectivity index (χ2v) is 24.1. The quantitative estimate of drug-likeness (QED) is 0.0261. The molecule has 0 spiro atoms. The van der Waals surface area contributed by atoms with Gasteiger partial charge in [0.15, 0.2) is 6.10 Å². The van der Waals surface area contributed by atoms with E-state index in [9.17, 15) is 14.4 Å². The van der Waals surface area contributed by atoms with Gasteiger partial charge in [-0.25, -0.2) is 0 Å². The minimum Gasteiger partial charge on any atom is -0.462 e. The summed E-state index contributed by atoms with van der Waals surface area (Å²) in [6.07, 6.45) is 92.4. The van der Waals surface area contributed by atoms with Gasteiger partial charge < -0.3 is 14.2 Å². The molecule has 0 saturated heterocycles. The zero-order chi connectivity index (χ0) is 59.2. The van der Waals surface area contributed by atoms with Crippen LogP contribution in [0.2, 0.25) is 0 Å². The van der Waals surface area contributed by atoms with E-state index in [0.29, 0.717) is 19.3 Å². The predicted molar refractivity (Wildman–Crippen MR) is 358 cm³/mol. The first-order chi connectivity index (χ1) is 40.5. The molecule has 1 unspecified atom stereocenters. The van der Waals surface area contributed by atoms with Crippen molar-refractivity contribution in [3.63, 3.8) is 0 Å². The van der Waals surface area contributed by atoms with Crippen molar-refractivity contribution in [3.8, 4) is 0 Å². The number of carbonyl (C=O) groups is 3. The first-order valence-corrected chi connectivity index (χ1v) is 35.9. The van der Waals surface area contributed by atoms with Crippen LogP contribution in [0.1, 0.15) is 374 Å². The molecule has 0 radical (unpaired) electrons. The monoisotopic (exact) mass is 1150 g/mol. The third kappa shape index (κ3) is 67.6. The van der Waals surface area contributed by atoms with E-state index in [0.717, 1.165) is 103 Å². The highest BCUT2D eigenvalue weighted by Gasteiger charge is 2.19. The van der Waals surface area contributed by atoms with Crippen LogP contribution in [0.5, 0.6) is 0 Å². The largest absolute Gasteiger partial charge is 0.462 e. The molecule has 0 aliphatic heterocycles. The van der Waals surface area contributed by atoms with E-state index in [1.807, 2.05) is 0 Å². The molecule has 82 heavy (non-hydrogen) atoms. The second kappa shape index (κ2) is 70.3. The first-order valence-electron chi connectivity index (χ1n) is 35.9. The summed E-state index contributed by atoms with van der Waals surface area (Å²) in [6, 6.07) is 0. The fourth-order valence-electron chi connectivity index (χ4n) is 10.6. The lowest BCUT2D eigenvalue weighted by atomic mass is 10.0. The normalized spacial score (nSPS) is 12.5. The van der Waals surface area contributed by atoms with E-state index in [1.165, 1.54) is 231 Å². The predicted octanol–water partition coefficient (Wildman–Crippen LogP) is 24.8. The molecule has 0 aliphatic carbocycles. The Labute approximate surface area is 510 Å². The third-order valence-electron chi connectivity index (χ3n) is 15.9. The van der Waals surface area contributed by atoms with Crippen LogP contribution in [0.15, 0.2) is 72.9 Å².